The van der Waals surface area contributed by atoms with Crippen molar-refractivity contribution >= 4 is 6.08 Å². The fraction of sp³-hybridized carbons (Fsp3) is 0.364. The van der Waals surface area contributed by atoms with Crippen molar-refractivity contribution < 1.29 is 13.2 Å². The number of hydrogen-bond acceptors (Lipinski definition) is 1. The van der Waals surface area contributed by atoms with Crippen LogP contribution in [0, 0.1) is 0 Å². The zero-order valence-corrected chi connectivity index (χ0v) is 14.9. The molecule has 1 aliphatic carbocycles. The smallest absolute Gasteiger partial charge is 0.310 e. The second-order valence-electron chi connectivity index (χ2n) is 6.84. The molecule has 0 radical (unpaired) electrons. The minimum Gasteiger partial charge on any atom is -0.310 e. The maximum absolute atomic E-state index is 12.8. The van der Waals surface area contributed by atoms with E-state index in [1.165, 1.54) is 28.8 Å². The second-order valence-corrected chi connectivity index (χ2v) is 6.84. The number of benzene rings is 2. The summed E-state index contributed by atoms with van der Waals surface area (Å²) in [5.41, 5.74) is 4.16. The number of rotatable bonds is 6. The van der Waals surface area contributed by atoms with Crippen LogP contribution in [0.3, 0.4) is 0 Å². The Balaban J connectivity index is 1.54. The number of fused-ring (bicyclic) bond motifs is 1. The lowest BCUT2D eigenvalue weighted by molar-refractivity contribution is -0.137. The van der Waals surface area contributed by atoms with Gasteiger partial charge in [0.2, 0.25) is 0 Å². The normalized spacial score (nSPS) is 14.9. The van der Waals surface area contributed by atoms with E-state index in [0.29, 0.717) is 6.42 Å². The van der Waals surface area contributed by atoms with Crippen LogP contribution in [-0.4, -0.2) is 6.54 Å². The number of alkyl halides is 3. The molecule has 0 saturated carbocycles. The van der Waals surface area contributed by atoms with Gasteiger partial charge in [0.25, 0.3) is 0 Å². The van der Waals surface area contributed by atoms with E-state index in [0.717, 1.165) is 37.4 Å². The van der Waals surface area contributed by atoms with Gasteiger partial charge < -0.3 is 5.32 Å². The predicted molar refractivity (Wildman–Crippen MR) is 100.0 cm³/mol. The number of nitrogens with one attached hydrogen (secondary N) is 1. The van der Waals surface area contributed by atoms with Crippen LogP contribution in [-0.2, 0) is 19.0 Å². The lowest BCUT2D eigenvalue weighted by atomic mass is 9.90. The molecule has 0 fully saturated rings. The minimum atomic E-state index is -4.28. The molecule has 1 nitrogen and oxygen atoms in total. The van der Waals surface area contributed by atoms with Gasteiger partial charge in [0, 0.05) is 6.04 Å². The Morgan fingerprint density at radius 2 is 1.92 bits per heavy atom. The molecule has 0 aromatic heterocycles. The van der Waals surface area contributed by atoms with Crippen molar-refractivity contribution in [3.8, 4) is 0 Å². The van der Waals surface area contributed by atoms with Crippen molar-refractivity contribution in [3.05, 3.63) is 76.4 Å². The molecular formula is C22H24F3N. The first-order chi connectivity index (χ1) is 12.4. The van der Waals surface area contributed by atoms with Crippen LogP contribution in [0.4, 0.5) is 13.2 Å². The number of halogens is 3. The van der Waals surface area contributed by atoms with Gasteiger partial charge >= 0.3 is 6.18 Å². The lowest BCUT2D eigenvalue weighted by Crippen LogP contribution is -2.21. The van der Waals surface area contributed by atoms with Crippen LogP contribution in [0.2, 0.25) is 0 Å². The lowest BCUT2D eigenvalue weighted by Gasteiger charge is -2.21. The average molecular weight is 359 g/mol. The first kappa shape index (κ1) is 18.7. The van der Waals surface area contributed by atoms with Crippen LogP contribution in [0.25, 0.3) is 6.08 Å². The van der Waals surface area contributed by atoms with E-state index in [9.17, 15) is 13.2 Å². The van der Waals surface area contributed by atoms with Crippen LogP contribution < -0.4 is 5.32 Å². The van der Waals surface area contributed by atoms with Crippen LogP contribution >= 0.6 is 0 Å². The highest BCUT2D eigenvalue weighted by atomic mass is 19.4. The summed E-state index contributed by atoms with van der Waals surface area (Å²) in [5, 5.41) is 3.51. The highest BCUT2D eigenvalue weighted by Gasteiger charge is 2.30. The van der Waals surface area contributed by atoms with Crippen molar-refractivity contribution in [2.45, 2.75) is 44.8 Å². The number of aryl methyl sites for hydroxylation is 2. The van der Waals surface area contributed by atoms with Crippen molar-refractivity contribution in [1.82, 2.24) is 5.32 Å². The van der Waals surface area contributed by atoms with Crippen molar-refractivity contribution in [3.63, 3.8) is 0 Å². The molecule has 0 heterocycles. The van der Waals surface area contributed by atoms with Gasteiger partial charge in [-0.1, -0.05) is 48.6 Å². The maximum Gasteiger partial charge on any atom is 0.416 e. The van der Waals surface area contributed by atoms with Gasteiger partial charge in [-0.2, -0.15) is 13.2 Å². The van der Waals surface area contributed by atoms with Gasteiger partial charge in [-0.25, -0.2) is 0 Å². The standard InChI is InChI=1S/C22H24F3N/c1-16(20-13-5-10-18-9-2-3-12-21(18)20)26-14-6-8-17-7-4-11-19(15-17)22(23,24)25/h3-5,7,10-13,15-16,26H,2,6,8-9,14H2,1H3/t16-/m1/s1. The Labute approximate surface area is 152 Å². The molecule has 1 aliphatic rings. The average Bonchev–Trinajstić information content (AvgIpc) is 2.64. The molecule has 0 amide bonds. The molecule has 0 bridgehead atoms. The van der Waals surface area contributed by atoms with E-state index < -0.39 is 11.7 Å². The zero-order valence-electron chi connectivity index (χ0n) is 14.9. The van der Waals surface area contributed by atoms with Gasteiger partial charge in [0.1, 0.15) is 0 Å². The summed E-state index contributed by atoms with van der Waals surface area (Å²) < 4.78 is 38.3. The van der Waals surface area contributed by atoms with Gasteiger partial charge in [-0.15, -0.1) is 0 Å². The molecular weight excluding hydrogens is 335 g/mol. The summed E-state index contributed by atoms with van der Waals surface area (Å²) in [6, 6.07) is 12.3. The van der Waals surface area contributed by atoms with Gasteiger partial charge in [-0.3, -0.25) is 0 Å². The largest absolute Gasteiger partial charge is 0.416 e. The van der Waals surface area contributed by atoms with Crippen LogP contribution in [0.5, 0.6) is 0 Å². The molecule has 1 N–H and O–H groups in total. The Bertz CT molecular complexity index is 777. The third-order valence-electron chi connectivity index (χ3n) is 4.91. The third kappa shape index (κ3) is 4.55. The minimum absolute atomic E-state index is 0.217. The number of hydrogen-bond donors (Lipinski definition) is 1. The van der Waals surface area contributed by atoms with Gasteiger partial charge in [-0.05, 0) is 67.5 Å². The Hall–Kier alpha value is -2.07. The van der Waals surface area contributed by atoms with E-state index in [1.807, 2.05) is 0 Å². The monoisotopic (exact) mass is 359 g/mol. The van der Waals surface area contributed by atoms with E-state index in [-0.39, 0.29) is 6.04 Å². The van der Waals surface area contributed by atoms with E-state index in [4.69, 9.17) is 0 Å². The molecule has 0 unspecified atom stereocenters. The molecule has 2 aromatic rings. The SMILES string of the molecule is C[C@@H](NCCCc1cccc(C(F)(F)F)c1)c1cccc2c1C=CCC2. The highest BCUT2D eigenvalue weighted by molar-refractivity contribution is 5.60. The molecule has 138 valence electrons. The van der Waals surface area contributed by atoms with Crippen LogP contribution in [0.1, 0.15) is 53.6 Å². The maximum atomic E-state index is 12.8. The third-order valence-corrected chi connectivity index (χ3v) is 4.91. The van der Waals surface area contributed by atoms with E-state index in [2.05, 4.69) is 42.6 Å². The fourth-order valence-electron chi connectivity index (χ4n) is 3.50. The topological polar surface area (TPSA) is 12.0 Å². The molecule has 2 aromatic carbocycles. The van der Waals surface area contributed by atoms with Crippen molar-refractivity contribution in [2.75, 3.05) is 6.54 Å². The Kier molecular flexibility index (Phi) is 5.82. The quantitative estimate of drug-likeness (QED) is 0.629. The zero-order chi connectivity index (χ0) is 18.6. The second kappa shape index (κ2) is 8.09. The Morgan fingerprint density at radius 3 is 2.73 bits per heavy atom. The van der Waals surface area contributed by atoms with Crippen molar-refractivity contribution in [2.24, 2.45) is 0 Å². The summed E-state index contributed by atoms with van der Waals surface area (Å²) in [6.45, 7) is 2.91. The van der Waals surface area contributed by atoms with Crippen LogP contribution in [0.15, 0.2) is 48.5 Å². The Morgan fingerprint density at radius 1 is 1.12 bits per heavy atom. The molecule has 26 heavy (non-hydrogen) atoms. The summed E-state index contributed by atoms with van der Waals surface area (Å²) in [6.07, 6.45) is 3.76. The molecule has 0 aliphatic heterocycles. The molecule has 1 atom stereocenters. The molecule has 0 spiro atoms. The van der Waals surface area contributed by atoms with Gasteiger partial charge in [0.05, 0.1) is 5.56 Å². The highest BCUT2D eigenvalue weighted by Crippen LogP contribution is 2.30. The summed E-state index contributed by atoms with van der Waals surface area (Å²) in [4.78, 5) is 0. The molecule has 0 saturated heterocycles. The van der Waals surface area contributed by atoms with E-state index >= 15 is 0 Å². The van der Waals surface area contributed by atoms with E-state index in [1.54, 1.807) is 6.07 Å². The summed E-state index contributed by atoms with van der Waals surface area (Å²) in [7, 11) is 0. The molecule has 3 rings (SSSR count). The predicted octanol–water partition coefficient (Wildman–Crippen LogP) is 5.95. The summed E-state index contributed by atoms with van der Waals surface area (Å²) >= 11 is 0. The first-order valence-corrected chi connectivity index (χ1v) is 9.13. The summed E-state index contributed by atoms with van der Waals surface area (Å²) in [5.74, 6) is 0. The first-order valence-electron chi connectivity index (χ1n) is 9.13. The molecule has 4 heteroatoms. The van der Waals surface area contributed by atoms with Gasteiger partial charge in [0.15, 0.2) is 0 Å². The fourth-order valence-corrected chi connectivity index (χ4v) is 3.50. The van der Waals surface area contributed by atoms with Crippen molar-refractivity contribution in [1.29, 1.82) is 0 Å². The number of allylic oxidation sites excluding steroid dienone is 1.